The molecule has 198 valence electrons. The molecule has 15 nitrogen and oxygen atoms in total. The second-order valence-electron chi connectivity index (χ2n) is 7.82. The highest BCUT2D eigenvalue weighted by molar-refractivity contribution is 5.79. The molecule has 0 saturated carbocycles. The number of ether oxygens (including phenoxy) is 3. The number of hydrogen-bond acceptors (Lipinski definition) is 13. The molecule has 0 spiro atoms. The van der Waals surface area contributed by atoms with E-state index in [2.05, 4.69) is 10.3 Å². The van der Waals surface area contributed by atoms with Crippen molar-refractivity contribution >= 4 is 5.91 Å². The first kappa shape index (κ1) is 30.2. The van der Waals surface area contributed by atoms with Crippen LogP contribution in [-0.2, 0) is 31.0 Å². The predicted octanol–water partition coefficient (Wildman–Crippen LogP) is -5.17. The normalized spacial score (nSPS) is 13.4. The van der Waals surface area contributed by atoms with Gasteiger partial charge in [0.15, 0.2) is 0 Å². The number of rotatable bonds is 20. The molecule has 1 aromatic heterocycles. The van der Waals surface area contributed by atoms with Gasteiger partial charge >= 0.3 is 0 Å². The van der Waals surface area contributed by atoms with Crippen molar-refractivity contribution in [2.45, 2.75) is 42.7 Å². The van der Waals surface area contributed by atoms with Gasteiger partial charge in [-0.2, -0.15) is 0 Å². The monoisotopic (exact) mass is 495 g/mol. The van der Waals surface area contributed by atoms with Crippen LogP contribution in [0.4, 0.5) is 0 Å². The molecule has 0 aliphatic rings. The molecule has 1 heterocycles. The Balaban J connectivity index is 3.25. The Hall–Kier alpha value is -1.79. The van der Waals surface area contributed by atoms with E-state index in [0.717, 1.165) is 0 Å². The molecule has 0 saturated heterocycles. The summed E-state index contributed by atoms with van der Waals surface area (Å²) in [5.41, 5.74) is 9.96. The summed E-state index contributed by atoms with van der Waals surface area (Å²) in [4.78, 5) is 11.2. The molecule has 10 N–H and O–H groups in total. The third-order valence-electron chi connectivity index (χ3n) is 5.09. The SMILES string of the molecule is NC(=O)[C@H](N)CCc1cn(C(COC(CO)CO)(COC(CO)CO)COC(CO)CO)nn1. The zero-order chi connectivity index (χ0) is 25.6. The number of carbonyl (C=O) groups is 1. The number of carbonyl (C=O) groups excluding carboxylic acids is 1. The number of nitrogens with two attached hydrogens (primary N) is 2. The minimum Gasteiger partial charge on any atom is -0.394 e. The van der Waals surface area contributed by atoms with E-state index < -0.39 is 75.4 Å². The number of hydrogen-bond donors (Lipinski definition) is 8. The zero-order valence-electron chi connectivity index (χ0n) is 19.0. The third kappa shape index (κ3) is 9.46. The van der Waals surface area contributed by atoms with E-state index >= 15 is 0 Å². The molecule has 0 fully saturated rings. The van der Waals surface area contributed by atoms with E-state index in [9.17, 15) is 35.4 Å². The van der Waals surface area contributed by atoms with Crippen molar-refractivity contribution in [3.05, 3.63) is 11.9 Å². The summed E-state index contributed by atoms with van der Waals surface area (Å²) in [6.45, 7) is -3.59. The molecule has 1 aromatic rings. The van der Waals surface area contributed by atoms with Gasteiger partial charge in [0, 0.05) is 6.20 Å². The Morgan fingerprint density at radius 3 is 1.65 bits per heavy atom. The molecule has 0 aliphatic heterocycles. The summed E-state index contributed by atoms with van der Waals surface area (Å²) in [7, 11) is 0. The molecule has 0 aromatic carbocycles. The summed E-state index contributed by atoms with van der Waals surface area (Å²) in [5.74, 6) is -0.658. The highest BCUT2D eigenvalue weighted by atomic mass is 16.5. The van der Waals surface area contributed by atoms with Crippen LogP contribution in [0, 0.1) is 0 Å². The van der Waals surface area contributed by atoms with Crippen molar-refractivity contribution in [3.8, 4) is 0 Å². The van der Waals surface area contributed by atoms with E-state index in [4.69, 9.17) is 25.7 Å². The van der Waals surface area contributed by atoms with E-state index in [0.29, 0.717) is 5.69 Å². The van der Waals surface area contributed by atoms with Gasteiger partial charge in [-0.15, -0.1) is 5.10 Å². The molecular weight excluding hydrogens is 458 g/mol. The van der Waals surface area contributed by atoms with E-state index in [1.807, 2.05) is 0 Å². The Morgan fingerprint density at radius 2 is 1.29 bits per heavy atom. The maximum absolute atomic E-state index is 11.2. The highest BCUT2D eigenvalue weighted by Crippen LogP contribution is 2.22. The topological polar surface area (TPSA) is 249 Å². The fourth-order valence-corrected chi connectivity index (χ4v) is 2.72. The van der Waals surface area contributed by atoms with Crippen molar-refractivity contribution in [2.24, 2.45) is 11.5 Å². The van der Waals surface area contributed by atoms with Gasteiger partial charge in [0.25, 0.3) is 0 Å². The van der Waals surface area contributed by atoms with Gasteiger partial charge in [0.1, 0.15) is 23.9 Å². The molecular formula is C19H37N5O10. The van der Waals surface area contributed by atoms with Gasteiger partial charge < -0.3 is 56.3 Å². The van der Waals surface area contributed by atoms with Crippen LogP contribution in [0.2, 0.25) is 0 Å². The first-order valence-corrected chi connectivity index (χ1v) is 10.8. The Labute approximate surface area is 196 Å². The van der Waals surface area contributed by atoms with Crippen molar-refractivity contribution in [1.82, 2.24) is 15.0 Å². The number of nitrogens with zero attached hydrogens (tertiary/aromatic N) is 3. The lowest BCUT2D eigenvalue weighted by Crippen LogP contribution is -2.51. The number of amides is 1. The summed E-state index contributed by atoms with van der Waals surface area (Å²) in [6, 6.07) is -0.871. The highest BCUT2D eigenvalue weighted by Gasteiger charge is 2.38. The Bertz CT molecular complexity index is 641. The van der Waals surface area contributed by atoms with Gasteiger partial charge in [0.05, 0.1) is 71.2 Å². The van der Waals surface area contributed by atoms with Gasteiger partial charge in [-0.3, -0.25) is 4.79 Å². The summed E-state index contributed by atoms with van der Waals surface area (Å²) >= 11 is 0. The minimum atomic E-state index is -1.33. The minimum absolute atomic E-state index is 0.218. The van der Waals surface area contributed by atoms with Gasteiger partial charge in [-0.1, -0.05) is 5.21 Å². The van der Waals surface area contributed by atoms with Crippen molar-refractivity contribution in [2.75, 3.05) is 59.5 Å². The molecule has 15 heteroatoms. The summed E-state index contributed by atoms with van der Waals surface area (Å²) in [5, 5.41) is 64.5. The van der Waals surface area contributed by atoms with E-state index in [1.165, 1.54) is 10.9 Å². The quantitative estimate of drug-likeness (QED) is 0.0843. The number of aromatic nitrogens is 3. The maximum atomic E-state index is 11.2. The van der Waals surface area contributed by atoms with Crippen LogP contribution in [0.25, 0.3) is 0 Å². The van der Waals surface area contributed by atoms with Crippen LogP contribution < -0.4 is 11.5 Å². The fraction of sp³-hybridized carbons (Fsp3) is 0.842. The third-order valence-corrected chi connectivity index (χ3v) is 5.09. The number of aliphatic hydroxyl groups excluding tert-OH is 6. The first-order chi connectivity index (χ1) is 16.3. The molecule has 0 bridgehead atoms. The number of aryl methyl sites for hydroxylation is 1. The van der Waals surface area contributed by atoms with Crippen LogP contribution >= 0.6 is 0 Å². The molecule has 0 aliphatic carbocycles. The molecule has 1 rings (SSSR count). The molecule has 0 unspecified atom stereocenters. The van der Waals surface area contributed by atoms with Crippen molar-refractivity contribution in [3.63, 3.8) is 0 Å². The molecule has 0 radical (unpaired) electrons. The first-order valence-electron chi connectivity index (χ1n) is 10.8. The molecule has 34 heavy (non-hydrogen) atoms. The molecule has 1 atom stereocenters. The predicted molar refractivity (Wildman–Crippen MR) is 115 cm³/mol. The average molecular weight is 496 g/mol. The van der Waals surface area contributed by atoms with Crippen molar-refractivity contribution in [1.29, 1.82) is 0 Å². The number of aliphatic hydroxyl groups is 6. The van der Waals surface area contributed by atoms with Crippen LogP contribution in [-0.4, -0.2) is 135 Å². The standard InChI is InChI=1S/C19H37N5O10/c20-17(18(21)31)2-1-13-3-24(23-22-13)19(10-32-14(4-25)5-26,11-33-15(6-27)7-28)12-34-16(8-29)9-30/h3,14-17,25-30H,1-2,4-12,20H2,(H2,21,31)/t17-/m1/s1. The Morgan fingerprint density at radius 1 is 0.882 bits per heavy atom. The largest absolute Gasteiger partial charge is 0.394 e. The fourth-order valence-electron chi connectivity index (χ4n) is 2.72. The van der Waals surface area contributed by atoms with Crippen LogP contribution in [0.15, 0.2) is 6.20 Å². The van der Waals surface area contributed by atoms with Gasteiger partial charge in [-0.05, 0) is 12.8 Å². The summed E-state index contributed by atoms with van der Waals surface area (Å²) < 4.78 is 18.2. The lowest BCUT2D eigenvalue weighted by atomic mass is 10.0. The zero-order valence-corrected chi connectivity index (χ0v) is 19.0. The lowest BCUT2D eigenvalue weighted by Gasteiger charge is -2.35. The smallest absolute Gasteiger partial charge is 0.234 e. The van der Waals surface area contributed by atoms with Gasteiger partial charge in [-0.25, -0.2) is 4.68 Å². The summed E-state index contributed by atoms with van der Waals surface area (Å²) in [6.07, 6.45) is -0.798. The van der Waals surface area contributed by atoms with Crippen LogP contribution in [0.1, 0.15) is 12.1 Å². The maximum Gasteiger partial charge on any atom is 0.234 e. The number of primary amides is 1. The van der Waals surface area contributed by atoms with Gasteiger partial charge in [0.2, 0.25) is 5.91 Å². The lowest BCUT2D eigenvalue weighted by molar-refractivity contribution is -0.137. The van der Waals surface area contributed by atoms with E-state index in [1.54, 1.807) is 0 Å². The van der Waals surface area contributed by atoms with Crippen LogP contribution in [0.5, 0.6) is 0 Å². The average Bonchev–Trinajstić information content (AvgIpc) is 3.33. The van der Waals surface area contributed by atoms with E-state index in [-0.39, 0.29) is 32.7 Å². The second kappa shape index (κ2) is 16.0. The molecule has 1 amide bonds. The van der Waals surface area contributed by atoms with Crippen molar-refractivity contribution < 1.29 is 49.6 Å². The Kier molecular flexibility index (Phi) is 14.2. The second-order valence-corrected chi connectivity index (χ2v) is 7.82. The van der Waals surface area contributed by atoms with Crippen LogP contribution in [0.3, 0.4) is 0 Å².